The maximum Gasteiger partial charge on any atom is 0.188 e. The fourth-order valence-corrected chi connectivity index (χ4v) is 3.28. The second kappa shape index (κ2) is 7.28. The van der Waals surface area contributed by atoms with Crippen molar-refractivity contribution in [3.8, 4) is 5.75 Å². The average molecular weight is 279 g/mol. The fraction of sp³-hybridized carbons (Fsp3) is 0.500. The predicted molar refractivity (Wildman–Crippen MR) is 81.8 cm³/mol. The second-order valence-electron chi connectivity index (χ2n) is 4.53. The number of para-hydroxylation sites is 1. The molecule has 4 nitrogen and oxygen atoms in total. The van der Waals surface area contributed by atoms with E-state index in [-0.39, 0.29) is 0 Å². The van der Waals surface area contributed by atoms with Crippen molar-refractivity contribution < 1.29 is 4.74 Å². The van der Waals surface area contributed by atoms with Crippen molar-refractivity contribution in [3.05, 3.63) is 29.8 Å². The Morgan fingerprint density at radius 1 is 1.53 bits per heavy atom. The maximum atomic E-state index is 5.88. The Hall–Kier alpha value is -1.36. The highest BCUT2D eigenvalue weighted by molar-refractivity contribution is 8.00. The first-order valence-electron chi connectivity index (χ1n) is 6.57. The van der Waals surface area contributed by atoms with Crippen LogP contribution in [0.2, 0.25) is 0 Å². The van der Waals surface area contributed by atoms with Crippen LogP contribution in [0.5, 0.6) is 5.75 Å². The van der Waals surface area contributed by atoms with Crippen LogP contribution in [0.1, 0.15) is 18.4 Å². The van der Waals surface area contributed by atoms with Gasteiger partial charge in [0.25, 0.3) is 0 Å². The Kier molecular flexibility index (Phi) is 5.39. The summed E-state index contributed by atoms with van der Waals surface area (Å²) in [6, 6.07) is 7.86. The monoisotopic (exact) mass is 279 g/mol. The smallest absolute Gasteiger partial charge is 0.188 e. The number of nitrogens with two attached hydrogens (primary N) is 1. The van der Waals surface area contributed by atoms with Gasteiger partial charge in [0.15, 0.2) is 5.96 Å². The lowest BCUT2D eigenvalue weighted by Crippen LogP contribution is -2.35. The van der Waals surface area contributed by atoms with E-state index in [1.54, 1.807) is 7.11 Å². The van der Waals surface area contributed by atoms with Gasteiger partial charge in [-0.3, -0.25) is 0 Å². The molecule has 1 saturated heterocycles. The molecule has 1 aromatic carbocycles. The van der Waals surface area contributed by atoms with Crippen LogP contribution in [0, 0.1) is 0 Å². The largest absolute Gasteiger partial charge is 0.496 e. The van der Waals surface area contributed by atoms with Crippen LogP contribution in [0.15, 0.2) is 29.3 Å². The van der Waals surface area contributed by atoms with E-state index in [2.05, 4.69) is 10.3 Å². The molecule has 0 radical (unpaired) electrons. The van der Waals surface area contributed by atoms with Gasteiger partial charge in [-0.2, -0.15) is 11.8 Å². The first kappa shape index (κ1) is 14.1. The topological polar surface area (TPSA) is 59.6 Å². The van der Waals surface area contributed by atoms with Gasteiger partial charge in [0.05, 0.1) is 13.7 Å². The van der Waals surface area contributed by atoms with Crippen molar-refractivity contribution >= 4 is 17.7 Å². The molecule has 1 fully saturated rings. The summed E-state index contributed by atoms with van der Waals surface area (Å²) in [5.74, 6) is 2.63. The number of guanidine groups is 1. The molecule has 0 saturated carbocycles. The molecule has 0 amide bonds. The third-order valence-electron chi connectivity index (χ3n) is 3.15. The van der Waals surface area contributed by atoms with Crippen LogP contribution in [-0.4, -0.2) is 30.6 Å². The van der Waals surface area contributed by atoms with E-state index < -0.39 is 0 Å². The summed E-state index contributed by atoms with van der Waals surface area (Å²) in [6.45, 7) is 1.45. The van der Waals surface area contributed by atoms with Crippen molar-refractivity contribution in [2.45, 2.75) is 24.6 Å². The average Bonchev–Trinajstić information content (AvgIpc) is 2.96. The minimum atomic E-state index is 0.512. The minimum Gasteiger partial charge on any atom is -0.496 e. The van der Waals surface area contributed by atoms with Crippen LogP contribution in [0.3, 0.4) is 0 Å². The zero-order chi connectivity index (χ0) is 13.5. The number of nitrogens with one attached hydrogen (secondary N) is 1. The van der Waals surface area contributed by atoms with Gasteiger partial charge in [-0.05, 0) is 24.7 Å². The highest BCUT2D eigenvalue weighted by atomic mass is 32.2. The highest BCUT2D eigenvalue weighted by Crippen LogP contribution is 2.25. The Bertz CT molecular complexity index is 430. The van der Waals surface area contributed by atoms with Gasteiger partial charge in [0.2, 0.25) is 0 Å². The number of methoxy groups -OCH3 is 1. The summed E-state index contributed by atoms with van der Waals surface area (Å²) in [5, 5.41) is 3.88. The number of ether oxygens (including phenoxy) is 1. The Morgan fingerprint density at radius 3 is 3.11 bits per heavy atom. The van der Waals surface area contributed by atoms with E-state index in [0.29, 0.717) is 17.8 Å². The van der Waals surface area contributed by atoms with Crippen LogP contribution >= 0.6 is 11.8 Å². The molecule has 1 atom stereocenters. The van der Waals surface area contributed by atoms with E-state index in [1.807, 2.05) is 36.0 Å². The van der Waals surface area contributed by atoms with Gasteiger partial charge in [-0.25, -0.2) is 4.99 Å². The molecule has 0 aromatic heterocycles. The SMILES string of the molecule is COc1ccccc1CN=C(N)NCC1CCCS1. The van der Waals surface area contributed by atoms with Crippen LogP contribution in [0.4, 0.5) is 0 Å². The molecule has 19 heavy (non-hydrogen) atoms. The Balaban J connectivity index is 1.83. The number of rotatable bonds is 5. The van der Waals surface area contributed by atoms with Gasteiger partial charge in [0, 0.05) is 17.4 Å². The standard InChI is InChI=1S/C14H21N3OS/c1-18-13-7-3-2-5-11(13)9-16-14(15)17-10-12-6-4-8-19-12/h2-3,5,7,12H,4,6,8-10H2,1H3,(H3,15,16,17). The molecular formula is C14H21N3OS. The molecule has 1 aliphatic heterocycles. The third-order valence-corrected chi connectivity index (χ3v) is 4.55. The van der Waals surface area contributed by atoms with E-state index in [4.69, 9.17) is 10.5 Å². The number of nitrogens with zero attached hydrogens (tertiary/aromatic N) is 1. The summed E-state index contributed by atoms with van der Waals surface area (Å²) < 4.78 is 5.29. The molecule has 2 rings (SSSR count). The first-order chi connectivity index (χ1) is 9.29. The van der Waals surface area contributed by atoms with E-state index >= 15 is 0 Å². The lowest BCUT2D eigenvalue weighted by Gasteiger charge is -2.11. The van der Waals surface area contributed by atoms with Crippen LogP contribution in [0.25, 0.3) is 0 Å². The number of thioether (sulfide) groups is 1. The van der Waals surface area contributed by atoms with Crippen LogP contribution < -0.4 is 15.8 Å². The second-order valence-corrected chi connectivity index (χ2v) is 5.94. The molecule has 0 aliphatic carbocycles. The lowest BCUT2D eigenvalue weighted by atomic mass is 10.2. The van der Waals surface area contributed by atoms with Crippen LogP contribution in [-0.2, 0) is 6.54 Å². The Labute approximate surface area is 118 Å². The highest BCUT2D eigenvalue weighted by Gasteiger charge is 2.14. The zero-order valence-electron chi connectivity index (χ0n) is 11.3. The quantitative estimate of drug-likeness (QED) is 0.639. The van der Waals surface area contributed by atoms with Crippen molar-refractivity contribution in [2.75, 3.05) is 19.4 Å². The fourth-order valence-electron chi connectivity index (χ4n) is 2.08. The van der Waals surface area contributed by atoms with Gasteiger partial charge < -0.3 is 15.8 Å². The summed E-state index contributed by atoms with van der Waals surface area (Å²) >= 11 is 2.01. The Morgan fingerprint density at radius 2 is 2.37 bits per heavy atom. The van der Waals surface area contributed by atoms with Crippen molar-refractivity contribution in [1.29, 1.82) is 0 Å². The molecule has 3 N–H and O–H groups in total. The predicted octanol–water partition coefficient (Wildman–Crippen LogP) is 2.00. The number of aliphatic imine (C=N–C) groups is 1. The van der Waals surface area contributed by atoms with Crippen molar-refractivity contribution in [1.82, 2.24) is 5.32 Å². The molecule has 1 unspecified atom stereocenters. The van der Waals surface area contributed by atoms with Gasteiger partial charge in [0.1, 0.15) is 5.75 Å². The summed E-state index contributed by atoms with van der Waals surface area (Å²) in [4.78, 5) is 4.36. The lowest BCUT2D eigenvalue weighted by molar-refractivity contribution is 0.410. The molecule has 0 bridgehead atoms. The molecule has 1 aliphatic rings. The van der Waals surface area contributed by atoms with Gasteiger partial charge in [-0.15, -0.1) is 0 Å². The minimum absolute atomic E-state index is 0.512. The zero-order valence-corrected chi connectivity index (χ0v) is 12.1. The maximum absolute atomic E-state index is 5.88. The molecule has 5 heteroatoms. The van der Waals surface area contributed by atoms with Gasteiger partial charge in [-0.1, -0.05) is 18.2 Å². The number of hydrogen-bond donors (Lipinski definition) is 2. The number of benzene rings is 1. The molecule has 104 valence electrons. The van der Waals surface area contributed by atoms with E-state index in [1.165, 1.54) is 18.6 Å². The molecule has 1 heterocycles. The summed E-state index contributed by atoms with van der Waals surface area (Å²) in [5.41, 5.74) is 6.93. The van der Waals surface area contributed by atoms with E-state index in [0.717, 1.165) is 17.9 Å². The third kappa shape index (κ3) is 4.35. The first-order valence-corrected chi connectivity index (χ1v) is 7.61. The molecule has 1 aromatic rings. The van der Waals surface area contributed by atoms with Crippen molar-refractivity contribution in [2.24, 2.45) is 10.7 Å². The summed E-state index contributed by atoms with van der Waals surface area (Å²) in [6.07, 6.45) is 2.59. The number of hydrogen-bond acceptors (Lipinski definition) is 3. The molecule has 0 spiro atoms. The van der Waals surface area contributed by atoms with Gasteiger partial charge >= 0.3 is 0 Å². The van der Waals surface area contributed by atoms with Crippen molar-refractivity contribution in [3.63, 3.8) is 0 Å². The molecular weight excluding hydrogens is 258 g/mol. The summed E-state index contributed by atoms with van der Waals surface area (Å²) in [7, 11) is 1.67. The normalized spacial score (nSPS) is 19.4. The van der Waals surface area contributed by atoms with E-state index in [9.17, 15) is 0 Å².